The third kappa shape index (κ3) is 4.54. The second-order valence-electron chi connectivity index (χ2n) is 6.73. The Labute approximate surface area is 172 Å². The molecule has 1 N–H and O–H groups in total. The van der Waals surface area contributed by atoms with Crippen LogP contribution >= 0.6 is 23.1 Å². The highest BCUT2D eigenvalue weighted by atomic mass is 32.2. The fraction of sp³-hybridized carbons (Fsp3) is 0.286. The number of benzene rings is 2. The van der Waals surface area contributed by atoms with Crippen LogP contribution in [0.2, 0.25) is 0 Å². The molecule has 0 spiro atoms. The number of thiazole rings is 1. The molecule has 0 saturated carbocycles. The Morgan fingerprint density at radius 2 is 1.86 bits per heavy atom. The number of likely N-dealkylation sites (tertiary alicyclic amines) is 1. The zero-order valence-electron chi connectivity index (χ0n) is 15.4. The lowest BCUT2D eigenvalue weighted by atomic mass is 10.1. The number of rotatable bonds is 6. The maximum atomic E-state index is 12.1. The van der Waals surface area contributed by atoms with Crippen molar-refractivity contribution in [2.45, 2.75) is 12.8 Å². The number of hydrogen-bond donors (Lipinski definition) is 1. The highest BCUT2D eigenvalue weighted by molar-refractivity contribution is 8.00. The molecule has 3 aromatic rings. The molecule has 1 saturated heterocycles. The van der Waals surface area contributed by atoms with Crippen LogP contribution in [0.15, 0.2) is 47.8 Å². The van der Waals surface area contributed by atoms with Crippen molar-refractivity contribution in [3.63, 3.8) is 0 Å². The van der Waals surface area contributed by atoms with Crippen molar-refractivity contribution >= 4 is 50.8 Å². The average Bonchev–Trinajstić information content (AvgIpc) is 3.40. The molecule has 2 amide bonds. The summed E-state index contributed by atoms with van der Waals surface area (Å²) < 4.78 is 0. The quantitative estimate of drug-likeness (QED) is 0.658. The van der Waals surface area contributed by atoms with Gasteiger partial charge in [0.05, 0.1) is 17.2 Å². The van der Waals surface area contributed by atoms with Crippen molar-refractivity contribution in [2.75, 3.05) is 29.9 Å². The van der Waals surface area contributed by atoms with Crippen LogP contribution in [0.1, 0.15) is 12.8 Å². The third-order valence-corrected chi connectivity index (χ3v) is 6.39. The molecule has 144 valence electrons. The van der Waals surface area contributed by atoms with E-state index in [2.05, 4.69) is 34.6 Å². The van der Waals surface area contributed by atoms with Gasteiger partial charge in [-0.15, -0.1) is 23.1 Å². The Hall–Kier alpha value is -2.38. The second kappa shape index (κ2) is 8.75. The number of thioether (sulfide) groups is 1. The van der Waals surface area contributed by atoms with Crippen molar-refractivity contribution < 1.29 is 9.59 Å². The van der Waals surface area contributed by atoms with Crippen LogP contribution in [0.4, 0.5) is 5.13 Å². The average molecular weight is 412 g/mol. The molecule has 7 heteroatoms. The van der Waals surface area contributed by atoms with Crippen molar-refractivity contribution in [3.8, 4) is 11.3 Å². The number of carbonyl (C=O) groups excluding carboxylic acids is 2. The van der Waals surface area contributed by atoms with Gasteiger partial charge in [0.25, 0.3) is 0 Å². The normalized spacial score (nSPS) is 13.8. The maximum Gasteiger partial charge on any atom is 0.236 e. The highest BCUT2D eigenvalue weighted by Gasteiger charge is 2.18. The van der Waals surface area contributed by atoms with Gasteiger partial charge in [-0.05, 0) is 29.7 Å². The second-order valence-corrected chi connectivity index (χ2v) is 8.57. The summed E-state index contributed by atoms with van der Waals surface area (Å²) in [5, 5.41) is 7.72. The molecule has 2 heterocycles. The summed E-state index contributed by atoms with van der Waals surface area (Å²) in [7, 11) is 0. The predicted octanol–water partition coefficient (Wildman–Crippen LogP) is 4.26. The van der Waals surface area contributed by atoms with Crippen molar-refractivity contribution in [3.05, 3.63) is 47.8 Å². The Bertz CT molecular complexity index is 996. The lowest BCUT2D eigenvalue weighted by Gasteiger charge is -2.14. The molecular weight excluding hydrogens is 390 g/mol. The number of aromatic nitrogens is 1. The van der Waals surface area contributed by atoms with Crippen molar-refractivity contribution in [1.82, 2.24) is 9.88 Å². The molecule has 1 fully saturated rings. The number of hydrogen-bond acceptors (Lipinski definition) is 5. The van der Waals surface area contributed by atoms with E-state index >= 15 is 0 Å². The molecule has 28 heavy (non-hydrogen) atoms. The van der Waals surface area contributed by atoms with Crippen molar-refractivity contribution in [1.29, 1.82) is 0 Å². The molecule has 1 aliphatic heterocycles. The van der Waals surface area contributed by atoms with Crippen LogP contribution in [0.5, 0.6) is 0 Å². The summed E-state index contributed by atoms with van der Waals surface area (Å²) in [6, 6.07) is 14.4. The fourth-order valence-corrected chi connectivity index (χ4v) is 4.71. The van der Waals surface area contributed by atoms with E-state index in [0.717, 1.165) is 42.6 Å². The van der Waals surface area contributed by atoms with Crippen molar-refractivity contribution in [2.24, 2.45) is 0 Å². The highest BCUT2D eigenvalue weighted by Crippen LogP contribution is 2.27. The van der Waals surface area contributed by atoms with Crippen LogP contribution in [-0.4, -0.2) is 46.3 Å². The Morgan fingerprint density at radius 3 is 2.68 bits per heavy atom. The standard InChI is InChI=1S/C21H21N3O2S2/c25-19(13-27-14-20(26)24-9-3-4-10-24)23-21-22-18(12-28-21)17-8-7-15-5-1-2-6-16(15)11-17/h1-2,5-8,11-12H,3-4,9-10,13-14H2,(H,22,23,25). The first-order valence-corrected chi connectivity index (χ1v) is 11.3. The monoisotopic (exact) mass is 411 g/mol. The van der Waals surface area contributed by atoms with E-state index in [4.69, 9.17) is 0 Å². The molecular formula is C21H21N3O2S2. The van der Waals surface area contributed by atoms with Gasteiger partial charge in [0.15, 0.2) is 5.13 Å². The van der Waals surface area contributed by atoms with Gasteiger partial charge < -0.3 is 10.2 Å². The molecule has 0 bridgehead atoms. The number of nitrogens with zero attached hydrogens (tertiary/aromatic N) is 2. The minimum Gasteiger partial charge on any atom is -0.342 e. The third-order valence-electron chi connectivity index (χ3n) is 4.71. The van der Waals surface area contributed by atoms with Gasteiger partial charge in [-0.25, -0.2) is 4.98 Å². The molecule has 2 aromatic carbocycles. The van der Waals surface area contributed by atoms with E-state index in [1.807, 2.05) is 28.5 Å². The van der Waals surface area contributed by atoms with Gasteiger partial charge in [-0.2, -0.15) is 0 Å². The lowest BCUT2D eigenvalue weighted by Crippen LogP contribution is -2.29. The molecule has 0 radical (unpaired) electrons. The van der Waals surface area contributed by atoms with Gasteiger partial charge in [0, 0.05) is 24.0 Å². The van der Waals surface area contributed by atoms with E-state index in [-0.39, 0.29) is 17.6 Å². The number of amides is 2. The van der Waals surface area contributed by atoms with Gasteiger partial charge in [-0.1, -0.05) is 36.4 Å². The summed E-state index contributed by atoms with van der Waals surface area (Å²) in [4.78, 5) is 30.6. The predicted molar refractivity (Wildman–Crippen MR) is 117 cm³/mol. The first-order chi connectivity index (χ1) is 13.7. The molecule has 0 unspecified atom stereocenters. The Morgan fingerprint density at radius 1 is 1.07 bits per heavy atom. The van der Waals surface area contributed by atoms with E-state index in [9.17, 15) is 9.59 Å². The number of carbonyl (C=O) groups is 2. The van der Waals surface area contributed by atoms with Gasteiger partial charge >= 0.3 is 0 Å². The first kappa shape index (κ1) is 19.0. The largest absolute Gasteiger partial charge is 0.342 e. The minimum atomic E-state index is -0.126. The smallest absolute Gasteiger partial charge is 0.236 e. The van der Waals surface area contributed by atoms with E-state index < -0.39 is 0 Å². The van der Waals surface area contributed by atoms with Gasteiger partial charge in [0.1, 0.15) is 0 Å². The molecule has 0 atom stereocenters. The van der Waals surface area contributed by atoms with Crippen LogP contribution in [0, 0.1) is 0 Å². The van der Waals surface area contributed by atoms with Crippen LogP contribution in [-0.2, 0) is 9.59 Å². The lowest BCUT2D eigenvalue weighted by molar-refractivity contribution is -0.127. The van der Waals surface area contributed by atoms with Crippen LogP contribution in [0.3, 0.4) is 0 Å². The van der Waals surface area contributed by atoms with Crippen LogP contribution in [0.25, 0.3) is 22.0 Å². The number of anilines is 1. The maximum absolute atomic E-state index is 12.1. The molecule has 1 aliphatic rings. The van der Waals surface area contributed by atoms with Crippen LogP contribution < -0.4 is 5.32 Å². The molecule has 1 aromatic heterocycles. The topological polar surface area (TPSA) is 62.3 Å². The Kier molecular flexibility index (Phi) is 5.92. The molecule has 4 rings (SSSR count). The summed E-state index contributed by atoms with van der Waals surface area (Å²) in [5.41, 5.74) is 1.88. The minimum absolute atomic E-state index is 0.126. The summed E-state index contributed by atoms with van der Waals surface area (Å²) in [6.07, 6.45) is 2.17. The first-order valence-electron chi connectivity index (χ1n) is 9.29. The summed E-state index contributed by atoms with van der Waals surface area (Å²) in [6.45, 7) is 1.70. The molecule has 5 nitrogen and oxygen atoms in total. The fourth-order valence-electron chi connectivity index (χ4n) is 3.26. The van der Waals surface area contributed by atoms with Gasteiger partial charge in [0.2, 0.25) is 11.8 Å². The number of fused-ring (bicyclic) bond motifs is 1. The number of nitrogens with one attached hydrogen (secondary N) is 1. The summed E-state index contributed by atoms with van der Waals surface area (Å²) >= 11 is 2.76. The van der Waals surface area contributed by atoms with E-state index in [1.165, 1.54) is 28.5 Å². The molecule has 0 aliphatic carbocycles. The van der Waals surface area contributed by atoms with E-state index in [1.54, 1.807) is 0 Å². The zero-order valence-corrected chi connectivity index (χ0v) is 17.0. The SMILES string of the molecule is O=C(CSCC(=O)N1CCCC1)Nc1nc(-c2ccc3ccccc3c2)cs1. The van der Waals surface area contributed by atoms with Gasteiger partial charge in [-0.3, -0.25) is 9.59 Å². The summed E-state index contributed by atoms with van der Waals surface area (Å²) in [5.74, 6) is 0.611. The van der Waals surface area contributed by atoms with E-state index in [0.29, 0.717) is 10.9 Å². The zero-order chi connectivity index (χ0) is 19.3. The Balaban J connectivity index is 1.31.